The van der Waals surface area contributed by atoms with Crippen molar-refractivity contribution in [1.82, 2.24) is 4.90 Å². The Hall–Kier alpha value is -1.68. The number of rotatable bonds is 3. The van der Waals surface area contributed by atoms with Gasteiger partial charge in [0.25, 0.3) is 0 Å². The summed E-state index contributed by atoms with van der Waals surface area (Å²) < 4.78 is 18.1. The van der Waals surface area contributed by atoms with Gasteiger partial charge in [-0.1, -0.05) is 18.2 Å². The highest BCUT2D eigenvalue weighted by Crippen LogP contribution is 2.44. The van der Waals surface area contributed by atoms with E-state index in [0.717, 1.165) is 18.5 Å². The van der Waals surface area contributed by atoms with Crippen molar-refractivity contribution >= 4 is 5.97 Å². The maximum Gasteiger partial charge on any atom is 0.331 e. The maximum atomic E-state index is 13.1. The molecule has 0 aromatic heterocycles. The number of hydrogen-bond acceptors (Lipinski definition) is 3. The number of methoxy groups -OCH3 is 1. The van der Waals surface area contributed by atoms with Gasteiger partial charge >= 0.3 is 5.97 Å². The molecule has 0 aliphatic carbocycles. The lowest BCUT2D eigenvalue weighted by atomic mass is 9.78. The van der Waals surface area contributed by atoms with Crippen LogP contribution in [0, 0.1) is 11.7 Å². The molecule has 0 amide bonds. The summed E-state index contributed by atoms with van der Waals surface area (Å²) >= 11 is 0. The van der Waals surface area contributed by atoms with Gasteiger partial charge in [-0.2, -0.15) is 0 Å². The zero-order chi connectivity index (χ0) is 14.0. The Morgan fingerprint density at radius 2 is 2.16 bits per heavy atom. The van der Waals surface area contributed by atoms with E-state index in [2.05, 4.69) is 6.58 Å². The third-order valence-electron chi connectivity index (χ3n) is 3.98. The predicted octanol–water partition coefficient (Wildman–Crippen LogP) is 2.33. The second kappa shape index (κ2) is 5.13. The average molecular weight is 263 g/mol. The van der Waals surface area contributed by atoms with Crippen LogP contribution in [0.2, 0.25) is 0 Å². The minimum atomic E-state index is -0.899. The molecule has 2 atom stereocenters. The second-order valence-electron chi connectivity index (χ2n) is 4.82. The van der Waals surface area contributed by atoms with E-state index in [1.54, 1.807) is 18.2 Å². The molecule has 1 heterocycles. The lowest BCUT2D eigenvalue weighted by Gasteiger charge is -2.37. The highest BCUT2D eigenvalue weighted by molar-refractivity contribution is 5.84. The zero-order valence-electron chi connectivity index (χ0n) is 11.2. The first-order chi connectivity index (χ1) is 9.07. The summed E-state index contributed by atoms with van der Waals surface area (Å²) in [6.45, 7) is 4.59. The molecule has 0 unspecified atom stereocenters. The predicted molar refractivity (Wildman–Crippen MR) is 71.0 cm³/mol. The molecule has 1 aliphatic rings. The first-order valence-electron chi connectivity index (χ1n) is 6.25. The molecule has 0 saturated carbocycles. The Bertz CT molecular complexity index is 485. The van der Waals surface area contributed by atoms with Crippen molar-refractivity contribution < 1.29 is 13.9 Å². The minimum Gasteiger partial charge on any atom is -0.467 e. The zero-order valence-corrected chi connectivity index (χ0v) is 11.2. The smallest absolute Gasteiger partial charge is 0.331 e. The van der Waals surface area contributed by atoms with Crippen LogP contribution in [0.1, 0.15) is 12.0 Å². The van der Waals surface area contributed by atoms with E-state index in [1.807, 2.05) is 11.9 Å². The van der Waals surface area contributed by atoms with Crippen LogP contribution in [0.15, 0.2) is 36.9 Å². The van der Waals surface area contributed by atoms with Gasteiger partial charge in [0.05, 0.1) is 7.11 Å². The molecule has 3 nitrogen and oxygen atoms in total. The van der Waals surface area contributed by atoms with Gasteiger partial charge in [-0.05, 0) is 37.7 Å². The average Bonchev–Trinajstić information content (AvgIpc) is 2.76. The Morgan fingerprint density at radius 1 is 1.53 bits per heavy atom. The highest BCUT2D eigenvalue weighted by Gasteiger charge is 2.54. The van der Waals surface area contributed by atoms with E-state index in [1.165, 1.54) is 19.2 Å². The molecule has 1 saturated heterocycles. The molecule has 0 N–H and O–H groups in total. The number of benzene rings is 1. The summed E-state index contributed by atoms with van der Waals surface area (Å²) in [6.07, 6.45) is 2.61. The molecule has 0 bridgehead atoms. The van der Waals surface area contributed by atoms with Gasteiger partial charge in [0.15, 0.2) is 5.54 Å². The van der Waals surface area contributed by atoms with E-state index in [4.69, 9.17) is 4.74 Å². The normalized spacial score (nSPS) is 27.2. The summed E-state index contributed by atoms with van der Waals surface area (Å²) in [7, 11) is 3.25. The van der Waals surface area contributed by atoms with Crippen LogP contribution in [-0.2, 0) is 15.1 Å². The van der Waals surface area contributed by atoms with Crippen molar-refractivity contribution in [1.29, 1.82) is 0 Å². The van der Waals surface area contributed by atoms with Gasteiger partial charge in [0, 0.05) is 5.92 Å². The number of ether oxygens (including phenoxy) is 1. The number of hydrogen-bond donors (Lipinski definition) is 0. The molecule has 1 aliphatic heterocycles. The maximum absolute atomic E-state index is 13.1. The van der Waals surface area contributed by atoms with Gasteiger partial charge in [0.2, 0.25) is 0 Å². The highest BCUT2D eigenvalue weighted by atomic mass is 19.1. The molecule has 0 spiro atoms. The number of likely N-dealkylation sites (N-methyl/N-ethyl adjacent to an activating group) is 1. The van der Waals surface area contributed by atoms with E-state index < -0.39 is 5.54 Å². The summed E-state index contributed by atoms with van der Waals surface area (Å²) in [4.78, 5) is 14.4. The molecular formula is C15H18FNO2. The van der Waals surface area contributed by atoms with E-state index in [9.17, 15) is 9.18 Å². The van der Waals surface area contributed by atoms with Crippen molar-refractivity contribution in [3.63, 3.8) is 0 Å². The summed E-state index contributed by atoms with van der Waals surface area (Å²) in [5.41, 5.74) is -0.157. The third-order valence-corrected chi connectivity index (χ3v) is 3.98. The van der Waals surface area contributed by atoms with Crippen molar-refractivity contribution in [3.05, 3.63) is 48.3 Å². The van der Waals surface area contributed by atoms with Crippen molar-refractivity contribution in [3.8, 4) is 0 Å². The van der Waals surface area contributed by atoms with Crippen molar-refractivity contribution in [2.45, 2.75) is 12.0 Å². The largest absolute Gasteiger partial charge is 0.467 e. The Balaban J connectivity index is 2.60. The topological polar surface area (TPSA) is 29.5 Å². The van der Waals surface area contributed by atoms with Crippen molar-refractivity contribution in [2.75, 3.05) is 20.7 Å². The Morgan fingerprint density at radius 3 is 2.68 bits per heavy atom. The standard InChI is InChI=1S/C15H18FNO2/c1-4-11-9-10-17(2)15(11,14(18)19-3)12-5-7-13(16)8-6-12/h4-8,11H,1,9-10H2,2-3H3/t11-,15-/m1/s1. The molecule has 1 aromatic rings. The van der Waals surface area contributed by atoms with E-state index in [-0.39, 0.29) is 17.7 Å². The summed E-state index contributed by atoms with van der Waals surface area (Å²) in [6, 6.07) is 6.02. The van der Waals surface area contributed by atoms with Crippen LogP contribution < -0.4 is 0 Å². The molecule has 0 radical (unpaired) electrons. The molecule has 4 heteroatoms. The third kappa shape index (κ3) is 1.96. The first-order valence-corrected chi connectivity index (χ1v) is 6.25. The quantitative estimate of drug-likeness (QED) is 0.619. The Kier molecular flexibility index (Phi) is 3.71. The number of carbonyl (C=O) groups is 1. The number of esters is 1. The van der Waals surface area contributed by atoms with Gasteiger partial charge < -0.3 is 4.74 Å². The summed E-state index contributed by atoms with van der Waals surface area (Å²) in [5, 5.41) is 0. The van der Waals surface area contributed by atoms with Gasteiger partial charge in [-0.25, -0.2) is 9.18 Å². The molecule has 19 heavy (non-hydrogen) atoms. The van der Waals surface area contributed by atoms with E-state index in [0.29, 0.717) is 0 Å². The fourth-order valence-electron chi connectivity index (χ4n) is 3.01. The van der Waals surface area contributed by atoms with Crippen LogP contribution in [0.4, 0.5) is 4.39 Å². The van der Waals surface area contributed by atoms with E-state index >= 15 is 0 Å². The van der Waals surface area contributed by atoms with Gasteiger partial charge in [0.1, 0.15) is 5.82 Å². The monoisotopic (exact) mass is 263 g/mol. The first kappa shape index (κ1) is 13.7. The van der Waals surface area contributed by atoms with Crippen LogP contribution >= 0.6 is 0 Å². The minimum absolute atomic E-state index is 0.0459. The van der Waals surface area contributed by atoms with Crippen LogP contribution in [0.5, 0.6) is 0 Å². The number of carbonyl (C=O) groups excluding carboxylic acids is 1. The van der Waals surface area contributed by atoms with Crippen LogP contribution in [0.3, 0.4) is 0 Å². The molecular weight excluding hydrogens is 245 g/mol. The number of likely N-dealkylation sites (tertiary alicyclic amines) is 1. The lowest BCUT2D eigenvalue weighted by Crippen LogP contribution is -2.50. The fourth-order valence-corrected chi connectivity index (χ4v) is 3.01. The fraction of sp³-hybridized carbons (Fsp3) is 0.400. The Labute approximate surface area is 112 Å². The molecule has 1 fully saturated rings. The summed E-state index contributed by atoms with van der Waals surface area (Å²) in [5.74, 6) is -0.695. The number of nitrogens with zero attached hydrogens (tertiary/aromatic N) is 1. The van der Waals surface area contributed by atoms with Gasteiger partial charge in [-0.3, -0.25) is 4.90 Å². The van der Waals surface area contributed by atoms with Crippen LogP contribution in [-0.4, -0.2) is 31.6 Å². The molecule has 102 valence electrons. The molecule has 1 aromatic carbocycles. The number of halogens is 1. The second-order valence-corrected chi connectivity index (χ2v) is 4.82. The van der Waals surface area contributed by atoms with Crippen LogP contribution in [0.25, 0.3) is 0 Å². The SMILES string of the molecule is C=C[C@@H]1CCN(C)[C@@]1(C(=O)OC)c1ccc(F)cc1. The van der Waals surface area contributed by atoms with Gasteiger partial charge in [-0.15, -0.1) is 6.58 Å². The van der Waals surface area contributed by atoms with Crippen molar-refractivity contribution in [2.24, 2.45) is 5.92 Å². The lowest BCUT2D eigenvalue weighted by molar-refractivity contribution is -0.155. The molecule has 2 rings (SSSR count).